The second-order valence-electron chi connectivity index (χ2n) is 25.7. The Labute approximate surface area is 486 Å². The molecule has 0 amide bonds. The van der Waals surface area contributed by atoms with E-state index in [0.29, 0.717) is 29.3 Å². The number of hydrogen-bond donors (Lipinski definition) is 0. The standard InChI is InChI=1S/C73H78N4O.Pt/c1-47(2)51-35-63(48(3)4)69(64(36-51)49(5)6)50-33-34-74-68(37-50)77-65-30-24-23-29-61(65)62-32-31-59(44-66(62)77)78-60-42-56(72(13,14)52-25-19-17-20-26-52)41-58(43-60)76-46-75(45-67(76)73(15,16)53-27-21-18-22-28-53)57-39-54(70(7,8)9)38-55(40-57)71(10,11)12;/h17-42,45,47-49H,1-16H3;/q-2;. The van der Waals surface area contributed by atoms with Crippen molar-refractivity contribution in [1.82, 2.24) is 14.1 Å². The molecule has 408 valence electrons. The van der Waals surface area contributed by atoms with Crippen LogP contribution in [0.5, 0.6) is 11.5 Å². The van der Waals surface area contributed by atoms with Crippen LogP contribution in [0.2, 0.25) is 0 Å². The Morgan fingerprint density at radius 1 is 0.519 bits per heavy atom. The van der Waals surface area contributed by atoms with Gasteiger partial charge in [-0.15, -0.1) is 35.2 Å². The second kappa shape index (κ2) is 21.7. The monoisotopic (exact) mass is 1220 g/mol. The molecule has 0 unspecified atom stereocenters. The summed E-state index contributed by atoms with van der Waals surface area (Å²) in [6.07, 6.45) is 8.12. The van der Waals surface area contributed by atoms with Gasteiger partial charge in [0.2, 0.25) is 0 Å². The van der Waals surface area contributed by atoms with Gasteiger partial charge in [-0.2, -0.15) is 12.1 Å². The molecule has 0 aliphatic rings. The van der Waals surface area contributed by atoms with Crippen LogP contribution < -0.4 is 9.30 Å². The molecule has 0 N–H and O–H groups in total. The van der Waals surface area contributed by atoms with Gasteiger partial charge in [-0.1, -0.05) is 213 Å². The molecule has 0 saturated heterocycles. The Morgan fingerprint density at radius 2 is 1.10 bits per heavy atom. The van der Waals surface area contributed by atoms with Gasteiger partial charge in [0.05, 0.1) is 11.4 Å². The predicted octanol–water partition coefficient (Wildman–Crippen LogP) is 18.7. The number of benzene rings is 7. The van der Waals surface area contributed by atoms with E-state index >= 15 is 0 Å². The third kappa shape index (κ3) is 11.1. The maximum absolute atomic E-state index is 7.14. The van der Waals surface area contributed by atoms with E-state index < -0.39 is 10.8 Å². The molecular weight excluding hydrogens is 1140 g/mol. The molecular formula is C73H78N4OPt-2. The molecule has 3 heterocycles. The Morgan fingerprint density at radius 3 is 1.68 bits per heavy atom. The number of pyridine rings is 1. The van der Waals surface area contributed by atoms with Gasteiger partial charge >= 0.3 is 0 Å². The fourth-order valence-electron chi connectivity index (χ4n) is 11.1. The molecule has 0 saturated carbocycles. The Hall–Kier alpha value is -6.81. The van der Waals surface area contributed by atoms with Crippen molar-refractivity contribution in [3.63, 3.8) is 0 Å². The topological polar surface area (TPSA) is 35.9 Å². The number of nitrogens with zero attached hydrogens (tertiary/aromatic N) is 4. The summed E-state index contributed by atoms with van der Waals surface area (Å²) in [5.74, 6) is 3.11. The van der Waals surface area contributed by atoms with Crippen LogP contribution in [0.25, 0.3) is 50.1 Å². The van der Waals surface area contributed by atoms with Gasteiger partial charge in [-0.05, 0) is 125 Å². The smallest absolute Gasteiger partial charge is 0.267 e. The molecule has 5 nitrogen and oxygen atoms in total. The maximum Gasteiger partial charge on any atom is 0.267 e. The van der Waals surface area contributed by atoms with E-state index in [2.05, 4.69) is 295 Å². The third-order valence-corrected chi connectivity index (χ3v) is 16.2. The number of hydrogen-bond acceptors (Lipinski definition) is 2. The van der Waals surface area contributed by atoms with Gasteiger partial charge in [0, 0.05) is 55.9 Å². The van der Waals surface area contributed by atoms with Crippen molar-refractivity contribution in [2.24, 2.45) is 0 Å². The number of rotatable bonds is 13. The van der Waals surface area contributed by atoms with Crippen LogP contribution in [0.3, 0.4) is 0 Å². The molecule has 0 atom stereocenters. The van der Waals surface area contributed by atoms with Gasteiger partial charge in [-0.3, -0.25) is 4.57 Å². The molecule has 7 aromatic carbocycles. The fraction of sp³-hybridized carbons (Fsp3) is 0.315. The minimum atomic E-state index is -0.445. The number of fused-ring (bicyclic) bond motifs is 3. The fourth-order valence-corrected chi connectivity index (χ4v) is 11.1. The Bertz CT molecular complexity index is 3760. The summed E-state index contributed by atoms with van der Waals surface area (Å²) in [6.45, 7) is 36.7. The molecule has 0 aliphatic carbocycles. The molecule has 0 aliphatic heterocycles. The molecule has 0 bridgehead atoms. The van der Waals surface area contributed by atoms with Gasteiger partial charge in [0.15, 0.2) is 0 Å². The van der Waals surface area contributed by atoms with Crippen molar-refractivity contribution in [1.29, 1.82) is 0 Å². The molecule has 10 aromatic rings. The minimum Gasteiger partial charge on any atom is -0.510 e. The first kappa shape index (κ1) is 56.9. The molecule has 0 radical (unpaired) electrons. The minimum absolute atomic E-state index is 0. The first-order valence-corrected chi connectivity index (χ1v) is 28.1. The molecule has 10 rings (SSSR count). The van der Waals surface area contributed by atoms with E-state index in [1.165, 1.54) is 44.5 Å². The SMILES string of the molecule is CC(C)c1cc(C(C)C)c(-c2ccnc(-n3c4[c-]c(Oc5[c-]c(-n6[c-][n+](-c7cc(C(C)(C)C)cc(C(C)(C)C)c7)cc6C(C)(C)c6ccccc6)cc(C(C)(C)c6ccccc6)c5)ccc4c4ccccc43)c2)c(C(C)C)c1.[Pt]. The summed E-state index contributed by atoms with van der Waals surface area (Å²) in [5, 5.41) is 2.20. The zero-order chi connectivity index (χ0) is 55.6. The van der Waals surface area contributed by atoms with Crippen LogP contribution in [-0.4, -0.2) is 14.1 Å². The largest absolute Gasteiger partial charge is 0.510 e. The first-order chi connectivity index (χ1) is 36.9. The third-order valence-electron chi connectivity index (χ3n) is 16.2. The summed E-state index contributed by atoms with van der Waals surface area (Å²) < 4.78 is 13.8. The zero-order valence-corrected chi connectivity index (χ0v) is 51.6. The van der Waals surface area contributed by atoms with Gasteiger partial charge in [0.25, 0.3) is 6.33 Å². The first-order valence-electron chi connectivity index (χ1n) is 28.1. The van der Waals surface area contributed by atoms with Crippen molar-refractivity contribution < 1.29 is 30.4 Å². The van der Waals surface area contributed by atoms with Crippen molar-refractivity contribution in [2.75, 3.05) is 0 Å². The predicted molar refractivity (Wildman–Crippen MR) is 325 cm³/mol. The molecule has 79 heavy (non-hydrogen) atoms. The zero-order valence-electron chi connectivity index (χ0n) is 49.3. The Kier molecular flexibility index (Phi) is 15.6. The van der Waals surface area contributed by atoms with Crippen LogP contribution in [-0.2, 0) is 42.7 Å². The number of para-hydroxylation sites is 1. The van der Waals surface area contributed by atoms with E-state index in [4.69, 9.17) is 9.72 Å². The quantitative estimate of drug-likeness (QED) is 0.0852. The Balaban J connectivity index is 0.00000757. The summed E-state index contributed by atoms with van der Waals surface area (Å²) in [6, 6.07) is 62.7. The van der Waals surface area contributed by atoms with Gasteiger partial charge in [0.1, 0.15) is 5.82 Å². The van der Waals surface area contributed by atoms with Gasteiger partial charge in [-0.25, -0.2) is 4.98 Å². The normalized spacial score (nSPS) is 12.5. The summed E-state index contributed by atoms with van der Waals surface area (Å²) >= 11 is 0. The average molecular weight is 1220 g/mol. The van der Waals surface area contributed by atoms with Crippen molar-refractivity contribution in [2.45, 2.75) is 150 Å². The van der Waals surface area contributed by atoms with E-state index in [1.54, 1.807) is 0 Å². The maximum atomic E-state index is 7.14. The number of imidazole rings is 1. The second-order valence-corrected chi connectivity index (χ2v) is 25.7. The van der Waals surface area contributed by atoms with Crippen molar-refractivity contribution >= 4 is 21.8 Å². The van der Waals surface area contributed by atoms with Crippen LogP contribution in [0.4, 0.5) is 0 Å². The summed E-state index contributed by atoms with van der Waals surface area (Å²) in [7, 11) is 0. The van der Waals surface area contributed by atoms with Crippen LogP contribution >= 0.6 is 0 Å². The molecule has 3 aromatic heterocycles. The van der Waals surface area contributed by atoms with Gasteiger partial charge < -0.3 is 13.9 Å². The summed E-state index contributed by atoms with van der Waals surface area (Å²) in [5.41, 5.74) is 16.5. The summed E-state index contributed by atoms with van der Waals surface area (Å²) in [4.78, 5) is 5.12. The molecule has 0 spiro atoms. The van der Waals surface area contributed by atoms with E-state index in [1.807, 2.05) is 12.3 Å². The average Bonchev–Trinajstić information content (AvgIpc) is 4.28. The van der Waals surface area contributed by atoms with E-state index in [9.17, 15) is 0 Å². The number of ether oxygens (including phenoxy) is 1. The van der Waals surface area contributed by atoms with E-state index in [0.717, 1.165) is 55.8 Å². The molecule has 6 heteroatoms. The van der Waals surface area contributed by atoms with Crippen LogP contribution in [0.15, 0.2) is 164 Å². The van der Waals surface area contributed by atoms with Crippen molar-refractivity contribution in [3.05, 3.63) is 233 Å². The van der Waals surface area contributed by atoms with Crippen molar-refractivity contribution in [3.8, 4) is 39.8 Å². The van der Waals surface area contributed by atoms with E-state index in [-0.39, 0.29) is 31.9 Å². The number of aromatic nitrogens is 4. The van der Waals surface area contributed by atoms with Crippen LogP contribution in [0, 0.1) is 18.5 Å². The van der Waals surface area contributed by atoms with Crippen LogP contribution in [0.1, 0.15) is 179 Å². The molecule has 0 fully saturated rings.